The van der Waals surface area contributed by atoms with Crippen LogP contribution in [0.5, 0.6) is 11.6 Å². The Kier molecular flexibility index (Phi) is 2.97. The summed E-state index contributed by atoms with van der Waals surface area (Å²) in [7, 11) is 0. The van der Waals surface area contributed by atoms with Crippen LogP contribution in [-0.4, -0.2) is 9.97 Å². The van der Waals surface area contributed by atoms with Crippen LogP contribution in [0.2, 0.25) is 0 Å². The first-order chi connectivity index (χ1) is 7.25. The Bertz CT molecular complexity index is 456. The molecule has 0 aliphatic carbocycles. The molecule has 2 aromatic rings. The second kappa shape index (κ2) is 4.40. The third kappa shape index (κ3) is 2.53. The van der Waals surface area contributed by atoms with E-state index in [0.29, 0.717) is 11.6 Å². The second-order valence-corrected chi connectivity index (χ2v) is 3.88. The van der Waals surface area contributed by atoms with Crippen LogP contribution in [0.3, 0.4) is 0 Å². The Balaban J connectivity index is 2.22. The van der Waals surface area contributed by atoms with Crippen molar-refractivity contribution in [3.8, 4) is 11.6 Å². The van der Waals surface area contributed by atoms with Gasteiger partial charge >= 0.3 is 0 Å². The molecular formula is C11H9BrN2O. The summed E-state index contributed by atoms with van der Waals surface area (Å²) in [4.78, 5) is 8.24. The van der Waals surface area contributed by atoms with E-state index in [2.05, 4.69) is 25.9 Å². The Labute approximate surface area is 96.3 Å². The minimum Gasteiger partial charge on any atom is -0.436 e. The first kappa shape index (κ1) is 10.1. The summed E-state index contributed by atoms with van der Waals surface area (Å²) < 4.78 is 6.37. The minimum atomic E-state index is 0.545. The molecule has 0 saturated carbocycles. The van der Waals surface area contributed by atoms with E-state index in [-0.39, 0.29) is 0 Å². The quantitative estimate of drug-likeness (QED) is 0.835. The van der Waals surface area contributed by atoms with Crippen LogP contribution in [0.15, 0.2) is 41.1 Å². The third-order valence-electron chi connectivity index (χ3n) is 1.82. The van der Waals surface area contributed by atoms with Gasteiger partial charge in [-0.15, -0.1) is 0 Å². The minimum absolute atomic E-state index is 0.545. The van der Waals surface area contributed by atoms with Gasteiger partial charge in [0.1, 0.15) is 5.75 Å². The standard InChI is InChI=1S/C11H9BrN2O/c1-8-4-5-9(7-14-8)15-11-10(12)3-2-6-13-11/h2-7H,1H3. The van der Waals surface area contributed by atoms with Gasteiger partial charge in [-0.3, -0.25) is 4.98 Å². The molecule has 0 aliphatic rings. The second-order valence-electron chi connectivity index (χ2n) is 3.03. The fourth-order valence-corrected chi connectivity index (χ4v) is 1.41. The first-order valence-electron chi connectivity index (χ1n) is 4.47. The molecule has 0 N–H and O–H groups in total. The molecule has 0 saturated heterocycles. The van der Waals surface area contributed by atoms with E-state index in [4.69, 9.17) is 4.74 Å². The summed E-state index contributed by atoms with van der Waals surface area (Å²) in [6.45, 7) is 1.93. The van der Waals surface area contributed by atoms with Gasteiger partial charge in [-0.2, -0.15) is 0 Å². The molecular weight excluding hydrogens is 256 g/mol. The van der Waals surface area contributed by atoms with Crippen molar-refractivity contribution in [2.24, 2.45) is 0 Å². The molecule has 76 valence electrons. The van der Waals surface area contributed by atoms with Crippen LogP contribution in [0.25, 0.3) is 0 Å². The summed E-state index contributed by atoms with van der Waals surface area (Å²) in [6.07, 6.45) is 3.36. The van der Waals surface area contributed by atoms with E-state index in [1.165, 1.54) is 0 Å². The molecule has 0 fully saturated rings. The van der Waals surface area contributed by atoms with Gasteiger partial charge in [0.05, 0.1) is 10.7 Å². The topological polar surface area (TPSA) is 35.0 Å². The largest absolute Gasteiger partial charge is 0.436 e. The fourth-order valence-electron chi connectivity index (χ4n) is 1.07. The van der Waals surface area contributed by atoms with Crippen molar-refractivity contribution >= 4 is 15.9 Å². The zero-order valence-corrected chi connectivity index (χ0v) is 9.73. The Morgan fingerprint density at radius 1 is 1.20 bits per heavy atom. The maximum Gasteiger partial charge on any atom is 0.233 e. The molecule has 15 heavy (non-hydrogen) atoms. The normalized spacial score (nSPS) is 10.0. The summed E-state index contributed by atoms with van der Waals surface area (Å²) >= 11 is 3.36. The molecule has 2 heterocycles. The number of aromatic nitrogens is 2. The number of aryl methyl sites for hydroxylation is 1. The van der Waals surface area contributed by atoms with Crippen molar-refractivity contribution < 1.29 is 4.74 Å². The maximum absolute atomic E-state index is 5.54. The number of ether oxygens (including phenoxy) is 1. The molecule has 0 aromatic carbocycles. The lowest BCUT2D eigenvalue weighted by molar-refractivity contribution is 0.457. The van der Waals surface area contributed by atoms with Gasteiger partial charge in [-0.25, -0.2) is 4.98 Å². The van der Waals surface area contributed by atoms with Crippen molar-refractivity contribution in [1.29, 1.82) is 0 Å². The molecule has 2 rings (SSSR count). The van der Waals surface area contributed by atoms with E-state index in [9.17, 15) is 0 Å². The van der Waals surface area contributed by atoms with E-state index >= 15 is 0 Å². The van der Waals surface area contributed by atoms with Crippen molar-refractivity contribution in [3.05, 3.63) is 46.8 Å². The molecule has 0 spiro atoms. The van der Waals surface area contributed by atoms with Gasteiger partial charge in [-0.1, -0.05) is 0 Å². The molecule has 0 aliphatic heterocycles. The van der Waals surface area contributed by atoms with Gasteiger partial charge < -0.3 is 4.74 Å². The van der Waals surface area contributed by atoms with Gasteiger partial charge in [-0.05, 0) is 47.1 Å². The van der Waals surface area contributed by atoms with Crippen molar-refractivity contribution in [2.45, 2.75) is 6.92 Å². The highest BCUT2D eigenvalue weighted by Gasteiger charge is 2.02. The van der Waals surface area contributed by atoms with Gasteiger partial charge in [0.15, 0.2) is 0 Å². The van der Waals surface area contributed by atoms with Crippen LogP contribution in [0, 0.1) is 6.92 Å². The Morgan fingerprint density at radius 3 is 2.73 bits per heavy atom. The van der Waals surface area contributed by atoms with Gasteiger partial charge in [0.2, 0.25) is 5.88 Å². The highest BCUT2D eigenvalue weighted by Crippen LogP contribution is 2.26. The SMILES string of the molecule is Cc1ccc(Oc2ncccc2Br)cn1. The van der Waals surface area contributed by atoms with Crippen molar-refractivity contribution in [3.63, 3.8) is 0 Å². The van der Waals surface area contributed by atoms with Crippen molar-refractivity contribution in [1.82, 2.24) is 9.97 Å². The number of rotatable bonds is 2. The molecule has 0 unspecified atom stereocenters. The Morgan fingerprint density at radius 2 is 2.07 bits per heavy atom. The Hall–Kier alpha value is -1.42. The zero-order valence-electron chi connectivity index (χ0n) is 8.14. The third-order valence-corrected chi connectivity index (χ3v) is 2.43. The predicted molar refractivity (Wildman–Crippen MR) is 61.0 cm³/mol. The molecule has 3 nitrogen and oxygen atoms in total. The average Bonchev–Trinajstić information content (AvgIpc) is 2.25. The summed E-state index contributed by atoms with van der Waals surface area (Å²) in [5.74, 6) is 1.23. The summed E-state index contributed by atoms with van der Waals surface area (Å²) in [5, 5.41) is 0. The number of halogens is 1. The number of hydrogen-bond donors (Lipinski definition) is 0. The number of hydrogen-bond acceptors (Lipinski definition) is 3. The van der Waals surface area contributed by atoms with Crippen molar-refractivity contribution in [2.75, 3.05) is 0 Å². The monoisotopic (exact) mass is 264 g/mol. The van der Waals surface area contributed by atoms with Crippen LogP contribution in [0.1, 0.15) is 5.69 Å². The summed E-state index contributed by atoms with van der Waals surface area (Å²) in [5.41, 5.74) is 0.961. The molecule has 0 radical (unpaired) electrons. The maximum atomic E-state index is 5.54. The molecule has 2 aromatic heterocycles. The van der Waals surface area contributed by atoms with Crippen LogP contribution >= 0.6 is 15.9 Å². The first-order valence-corrected chi connectivity index (χ1v) is 5.26. The van der Waals surface area contributed by atoms with Crippen LogP contribution in [-0.2, 0) is 0 Å². The van der Waals surface area contributed by atoms with E-state index in [1.807, 2.05) is 31.2 Å². The van der Waals surface area contributed by atoms with E-state index < -0.39 is 0 Å². The zero-order chi connectivity index (χ0) is 10.7. The van der Waals surface area contributed by atoms with Gasteiger partial charge in [0.25, 0.3) is 0 Å². The fraction of sp³-hybridized carbons (Fsp3) is 0.0909. The summed E-state index contributed by atoms with van der Waals surface area (Å²) in [6, 6.07) is 7.48. The lowest BCUT2D eigenvalue weighted by Crippen LogP contribution is -1.89. The number of nitrogens with zero attached hydrogens (tertiary/aromatic N) is 2. The molecule has 4 heteroatoms. The lowest BCUT2D eigenvalue weighted by atomic mass is 10.4. The smallest absolute Gasteiger partial charge is 0.233 e. The van der Waals surface area contributed by atoms with E-state index in [0.717, 1.165) is 10.2 Å². The predicted octanol–water partition coefficient (Wildman–Crippen LogP) is 3.34. The van der Waals surface area contributed by atoms with E-state index in [1.54, 1.807) is 12.4 Å². The average molecular weight is 265 g/mol. The number of pyridine rings is 2. The molecule has 0 amide bonds. The van der Waals surface area contributed by atoms with Gasteiger partial charge in [0, 0.05) is 11.9 Å². The molecule has 0 atom stereocenters. The van der Waals surface area contributed by atoms with Crippen LogP contribution < -0.4 is 4.74 Å². The van der Waals surface area contributed by atoms with Crippen LogP contribution in [0.4, 0.5) is 0 Å². The highest BCUT2D eigenvalue weighted by atomic mass is 79.9. The highest BCUT2D eigenvalue weighted by molar-refractivity contribution is 9.10. The lowest BCUT2D eigenvalue weighted by Gasteiger charge is -2.05. The molecule has 0 bridgehead atoms.